The molecule has 2 unspecified atom stereocenters. The van der Waals surface area contributed by atoms with Crippen LogP contribution in [0.25, 0.3) is 0 Å². The van der Waals surface area contributed by atoms with Gasteiger partial charge in [-0.25, -0.2) is 13.4 Å². The van der Waals surface area contributed by atoms with E-state index in [0.717, 1.165) is 12.2 Å². The summed E-state index contributed by atoms with van der Waals surface area (Å²) >= 11 is 0. The first-order chi connectivity index (χ1) is 14.4. The number of aromatic nitrogens is 1. The van der Waals surface area contributed by atoms with Crippen molar-refractivity contribution in [1.82, 2.24) is 9.88 Å². The minimum atomic E-state index is -3.53. The van der Waals surface area contributed by atoms with Crippen LogP contribution in [0, 0.1) is 17.2 Å². The maximum atomic E-state index is 12.8. The maximum absolute atomic E-state index is 12.8. The van der Waals surface area contributed by atoms with Crippen LogP contribution in [0.3, 0.4) is 0 Å². The van der Waals surface area contributed by atoms with Crippen molar-refractivity contribution >= 4 is 21.6 Å². The van der Waals surface area contributed by atoms with Crippen molar-refractivity contribution in [3.8, 4) is 6.07 Å². The fraction of sp³-hybridized carbons (Fsp3) is 0.409. The van der Waals surface area contributed by atoms with Gasteiger partial charge in [0.05, 0.1) is 17.4 Å². The third kappa shape index (κ3) is 4.17. The van der Waals surface area contributed by atoms with Crippen LogP contribution in [-0.4, -0.2) is 55.1 Å². The molecule has 0 radical (unpaired) electrons. The van der Waals surface area contributed by atoms with E-state index >= 15 is 0 Å². The van der Waals surface area contributed by atoms with Gasteiger partial charge in [-0.3, -0.25) is 4.79 Å². The second-order valence-corrected chi connectivity index (χ2v) is 10.2. The fourth-order valence-electron chi connectivity index (χ4n) is 4.55. The Hall–Kier alpha value is -2.92. The summed E-state index contributed by atoms with van der Waals surface area (Å²) in [5.41, 5.74) is 1.20. The first kappa shape index (κ1) is 20.4. The van der Waals surface area contributed by atoms with Crippen LogP contribution in [0.5, 0.6) is 0 Å². The number of benzene rings is 1. The number of piperazine rings is 1. The zero-order valence-corrected chi connectivity index (χ0v) is 17.6. The summed E-state index contributed by atoms with van der Waals surface area (Å²) in [5, 5.41) is 8.98. The lowest BCUT2D eigenvalue weighted by molar-refractivity contribution is -0.129. The summed E-state index contributed by atoms with van der Waals surface area (Å²) in [6, 6.07) is 14.8. The van der Waals surface area contributed by atoms with Crippen LogP contribution >= 0.6 is 0 Å². The number of rotatable bonds is 5. The number of likely N-dealkylation sites (tertiary alicyclic amines) is 1. The van der Waals surface area contributed by atoms with Gasteiger partial charge in [-0.05, 0) is 30.0 Å². The monoisotopic (exact) mass is 424 g/mol. The van der Waals surface area contributed by atoms with Gasteiger partial charge < -0.3 is 9.80 Å². The van der Waals surface area contributed by atoms with E-state index in [1.165, 1.54) is 0 Å². The van der Waals surface area contributed by atoms with Crippen molar-refractivity contribution in [3.05, 3.63) is 59.8 Å². The summed E-state index contributed by atoms with van der Waals surface area (Å²) < 4.78 is 25.1. The molecule has 1 aromatic carbocycles. The molecule has 2 fully saturated rings. The topological polar surface area (TPSA) is 94.4 Å². The minimum Gasteiger partial charge on any atom is -0.347 e. The molecule has 2 saturated heterocycles. The quantitative estimate of drug-likeness (QED) is 0.729. The molecule has 0 N–H and O–H groups in total. The molecule has 156 valence electrons. The summed E-state index contributed by atoms with van der Waals surface area (Å²) in [6.07, 6.45) is 2.49. The number of sulfone groups is 1. The highest BCUT2D eigenvalue weighted by molar-refractivity contribution is 7.91. The number of carbonyl (C=O) groups is 1. The van der Waals surface area contributed by atoms with Crippen molar-refractivity contribution in [2.75, 3.05) is 23.7 Å². The third-order valence-electron chi connectivity index (χ3n) is 5.96. The number of nitrogens with zero attached hydrogens (tertiary/aromatic N) is 4. The predicted molar refractivity (Wildman–Crippen MR) is 113 cm³/mol. The normalized spacial score (nSPS) is 23.3. The molecule has 1 amide bonds. The standard InChI is InChI=1S/C22H24N4O3S/c1-16-9-19-12-25(13-20(16)26(19)21-8-7-18(10-23)11-24-21)22(27)15-30(28,29)14-17-5-3-2-4-6-17/h2-8,11,16,19-20H,9,12-15H2,1H3/t16-,19?,20?/m0/s1. The van der Waals surface area contributed by atoms with Crippen LogP contribution in [0.15, 0.2) is 48.7 Å². The lowest BCUT2D eigenvalue weighted by atomic mass is 10.0. The van der Waals surface area contributed by atoms with E-state index in [1.807, 2.05) is 12.1 Å². The number of hydrogen-bond donors (Lipinski definition) is 0. The summed E-state index contributed by atoms with van der Waals surface area (Å²) in [5.74, 6) is 0.244. The number of hydrogen-bond acceptors (Lipinski definition) is 6. The number of fused-ring (bicyclic) bond motifs is 2. The van der Waals surface area contributed by atoms with Gasteiger partial charge in [0.25, 0.3) is 0 Å². The average Bonchev–Trinajstić information content (AvgIpc) is 2.92. The van der Waals surface area contributed by atoms with Gasteiger partial charge in [0.1, 0.15) is 17.6 Å². The maximum Gasteiger partial charge on any atom is 0.237 e. The summed E-state index contributed by atoms with van der Waals surface area (Å²) in [4.78, 5) is 21.2. The minimum absolute atomic E-state index is 0.0879. The molecule has 7 nitrogen and oxygen atoms in total. The molecule has 2 aliphatic rings. The molecule has 2 bridgehead atoms. The lowest BCUT2D eigenvalue weighted by Gasteiger charge is -2.42. The summed E-state index contributed by atoms with van der Waals surface area (Å²) in [7, 11) is -3.53. The van der Waals surface area contributed by atoms with Crippen LogP contribution in [-0.2, 0) is 20.4 Å². The van der Waals surface area contributed by atoms with Gasteiger partial charge in [-0.1, -0.05) is 37.3 Å². The molecule has 0 aliphatic carbocycles. The summed E-state index contributed by atoms with van der Waals surface area (Å²) in [6.45, 7) is 3.13. The van der Waals surface area contributed by atoms with E-state index in [9.17, 15) is 13.2 Å². The largest absolute Gasteiger partial charge is 0.347 e. The van der Waals surface area contributed by atoms with Gasteiger partial charge in [0, 0.05) is 25.3 Å². The van der Waals surface area contributed by atoms with Crippen molar-refractivity contribution in [1.29, 1.82) is 5.26 Å². The average molecular weight is 425 g/mol. The molecule has 3 atom stereocenters. The zero-order valence-electron chi connectivity index (χ0n) is 16.8. The van der Waals surface area contributed by atoms with E-state index in [1.54, 1.807) is 41.4 Å². The molecule has 4 rings (SSSR count). The second-order valence-electron chi connectivity index (χ2n) is 8.17. The SMILES string of the molecule is C[C@H]1CC2CN(C(=O)CS(=O)(=O)Cc3ccccc3)CC1N2c1ccc(C#N)cn1. The smallest absolute Gasteiger partial charge is 0.237 e. The highest BCUT2D eigenvalue weighted by Crippen LogP contribution is 2.37. The van der Waals surface area contributed by atoms with E-state index in [-0.39, 0.29) is 23.7 Å². The number of carbonyl (C=O) groups excluding carboxylic acids is 1. The number of amides is 1. The molecule has 0 saturated carbocycles. The van der Waals surface area contributed by atoms with Gasteiger partial charge in [-0.2, -0.15) is 5.26 Å². The molecule has 2 aromatic rings. The first-order valence-electron chi connectivity index (χ1n) is 10.0. The predicted octanol–water partition coefficient (Wildman–Crippen LogP) is 1.99. The Bertz CT molecular complexity index is 1060. The van der Waals surface area contributed by atoms with Crippen LogP contribution in [0.2, 0.25) is 0 Å². The Morgan fingerprint density at radius 3 is 2.60 bits per heavy atom. The molecule has 1 aromatic heterocycles. The highest BCUT2D eigenvalue weighted by atomic mass is 32.2. The Kier molecular flexibility index (Phi) is 5.48. The van der Waals surface area contributed by atoms with Crippen LogP contribution < -0.4 is 4.90 Å². The zero-order chi connectivity index (χ0) is 21.3. The molecule has 2 aliphatic heterocycles. The number of nitriles is 1. The van der Waals surface area contributed by atoms with E-state index in [4.69, 9.17) is 5.26 Å². The molecular weight excluding hydrogens is 400 g/mol. The van der Waals surface area contributed by atoms with E-state index in [2.05, 4.69) is 22.9 Å². The highest BCUT2D eigenvalue weighted by Gasteiger charge is 2.46. The lowest BCUT2D eigenvalue weighted by Crippen LogP contribution is -2.57. The van der Waals surface area contributed by atoms with E-state index in [0.29, 0.717) is 30.1 Å². The molecule has 30 heavy (non-hydrogen) atoms. The van der Waals surface area contributed by atoms with E-state index < -0.39 is 15.6 Å². The Balaban J connectivity index is 1.45. The Morgan fingerprint density at radius 1 is 1.20 bits per heavy atom. The first-order valence-corrected chi connectivity index (χ1v) is 11.8. The molecule has 0 spiro atoms. The number of anilines is 1. The van der Waals surface area contributed by atoms with Crippen molar-refractivity contribution < 1.29 is 13.2 Å². The second kappa shape index (κ2) is 8.07. The Labute approximate surface area is 176 Å². The molecule has 8 heteroatoms. The Morgan fingerprint density at radius 2 is 1.97 bits per heavy atom. The van der Waals surface area contributed by atoms with Crippen LogP contribution in [0.1, 0.15) is 24.5 Å². The van der Waals surface area contributed by atoms with Gasteiger partial charge in [0.2, 0.25) is 5.91 Å². The van der Waals surface area contributed by atoms with Gasteiger partial charge in [-0.15, -0.1) is 0 Å². The molecular formula is C22H24N4O3S. The third-order valence-corrected chi connectivity index (χ3v) is 7.42. The van der Waals surface area contributed by atoms with Gasteiger partial charge >= 0.3 is 0 Å². The van der Waals surface area contributed by atoms with Crippen molar-refractivity contribution in [2.24, 2.45) is 5.92 Å². The molecule has 3 heterocycles. The van der Waals surface area contributed by atoms with Crippen LogP contribution in [0.4, 0.5) is 5.82 Å². The van der Waals surface area contributed by atoms with Crippen molar-refractivity contribution in [2.45, 2.75) is 31.2 Å². The van der Waals surface area contributed by atoms with Crippen molar-refractivity contribution in [3.63, 3.8) is 0 Å². The van der Waals surface area contributed by atoms with Gasteiger partial charge in [0.15, 0.2) is 9.84 Å². The number of pyridine rings is 1. The fourth-order valence-corrected chi connectivity index (χ4v) is 5.92.